The quantitative estimate of drug-likeness (QED) is 0.693. The highest BCUT2D eigenvalue weighted by Gasteiger charge is 2.46. The molecular weight excluding hydrogens is 252 g/mol. The van der Waals surface area contributed by atoms with Crippen molar-refractivity contribution in [3.63, 3.8) is 0 Å². The van der Waals surface area contributed by atoms with Gasteiger partial charge in [-0.25, -0.2) is 0 Å². The Bertz CT molecular complexity index is 330. The summed E-state index contributed by atoms with van der Waals surface area (Å²) in [5, 5.41) is 0. The fraction of sp³-hybridized carbons (Fsp3) is 0.938. The summed E-state index contributed by atoms with van der Waals surface area (Å²) >= 11 is 0. The first kappa shape index (κ1) is 15.8. The first-order chi connectivity index (χ1) is 9.60. The van der Waals surface area contributed by atoms with E-state index in [0.29, 0.717) is 6.61 Å². The zero-order chi connectivity index (χ0) is 14.6. The topological polar surface area (TPSA) is 55.6 Å². The smallest absolute Gasteiger partial charge is 0.326 e. The van der Waals surface area contributed by atoms with Gasteiger partial charge in [0.2, 0.25) is 0 Å². The average Bonchev–Trinajstić information content (AvgIpc) is 3.17. The summed E-state index contributed by atoms with van der Waals surface area (Å²) in [7, 11) is 0. The van der Waals surface area contributed by atoms with Crippen LogP contribution in [0.2, 0.25) is 0 Å². The van der Waals surface area contributed by atoms with Crippen molar-refractivity contribution in [2.24, 2.45) is 17.6 Å². The number of carbonyl (C=O) groups is 1. The van der Waals surface area contributed by atoms with Gasteiger partial charge in [-0.3, -0.25) is 4.79 Å². The van der Waals surface area contributed by atoms with Crippen LogP contribution in [0.4, 0.5) is 0 Å². The van der Waals surface area contributed by atoms with E-state index in [2.05, 4.69) is 11.8 Å². The first-order valence-electron chi connectivity index (χ1n) is 8.28. The van der Waals surface area contributed by atoms with Gasteiger partial charge >= 0.3 is 5.97 Å². The molecule has 2 rings (SSSR count). The highest BCUT2D eigenvalue weighted by molar-refractivity contribution is 5.81. The lowest BCUT2D eigenvalue weighted by Gasteiger charge is -2.31. The summed E-state index contributed by atoms with van der Waals surface area (Å²) in [6.07, 6.45) is 6.71. The Morgan fingerprint density at radius 1 is 1.35 bits per heavy atom. The maximum Gasteiger partial charge on any atom is 0.326 e. The number of nitrogens with two attached hydrogens (primary N) is 1. The van der Waals surface area contributed by atoms with E-state index in [4.69, 9.17) is 10.5 Å². The first-order valence-corrected chi connectivity index (χ1v) is 8.28. The summed E-state index contributed by atoms with van der Waals surface area (Å²) in [6, 6.07) is 0. The predicted octanol–water partition coefficient (Wildman–Crippen LogP) is 2.17. The lowest BCUT2D eigenvalue weighted by Crippen LogP contribution is -2.52. The van der Waals surface area contributed by atoms with E-state index < -0.39 is 5.54 Å². The molecular formula is C16H30N2O2. The minimum atomic E-state index is -0.727. The van der Waals surface area contributed by atoms with Crippen LogP contribution >= 0.6 is 0 Å². The third-order valence-corrected chi connectivity index (χ3v) is 4.98. The Morgan fingerprint density at radius 2 is 2.10 bits per heavy atom. The van der Waals surface area contributed by atoms with E-state index in [9.17, 15) is 4.79 Å². The van der Waals surface area contributed by atoms with Crippen molar-refractivity contribution in [1.29, 1.82) is 0 Å². The van der Waals surface area contributed by atoms with Gasteiger partial charge in [0, 0.05) is 6.54 Å². The predicted molar refractivity (Wildman–Crippen MR) is 80.3 cm³/mol. The Balaban J connectivity index is 1.84. The molecule has 0 aromatic carbocycles. The van der Waals surface area contributed by atoms with Crippen LogP contribution < -0.4 is 5.73 Å². The van der Waals surface area contributed by atoms with Crippen molar-refractivity contribution in [1.82, 2.24) is 4.90 Å². The normalized spacial score (nSPS) is 29.9. The Kier molecular flexibility index (Phi) is 5.44. The van der Waals surface area contributed by atoms with Crippen molar-refractivity contribution in [2.75, 3.05) is 26.2 Å². The largest absolute Gasteiger partial charge is 0.465 e. The molecule has 0 bridgehead atoms. The third kappa shape index (κ3) is 3.73. The van der Waals surface area contributed by atoms with Gasteiger partial charge < -0.3 is 15.4 Å². The second kappa shape index (κ2) is 6.90. The van der Waals surface area contributed by atoms with Crippen molar-refractivity contribution < 1.29 is 9.53 Å². The van der Waals surface area contributed by atoms with Crippen LogP contribution in [-0.2, 0) is 9.53 Å². The maximum atomic E-state index is 12.1. The van der Waals surface area contributed by atoms with Crippen LogP contribution in [-0.4, -0.2) is 42.6 Å². The highest BCUT2D eigenvalue weighted by Crippen LogP contribution is 2.37. The zero-order valence-electron chi connectivity index (χ0n) is 13.1. The van der Waals surface area contributed by atoms with Gasteiger partial charge in [-0.05, 0) is 64.0 Å². The molecule has 0 aliphatic heterocycles. The molecule has 2 aliphatic rings. The number of carbonyl (C=O) groups excluding carboxylic acids is 1. The van der Waals surface area contributed by atoms with Crippen LogP contribution in [0.3, 0.4) is 0 Å². The highest BCUT2D eigenvalue weighted by atomic mass is 16.5. The van der Waals surface area contributed by atoms with Crippen LogP contribution in [0.5, 0.6) is 0 Å². The van der Waals surface area contributed by atoms with E-state index in [1.165, 1.54) is 19.4 Å². The molecule has 2 atom stereocenters. The van der Waals surface area contributed by atoms with E-state index in [1.54, 1.807) is 0 Å². The lowest BCUT2D eigenvalue weighted by molar-refractivity contribution is -0.151. The monoisotopic (exact) mass is 282 g/mol. The number of hydrogen-bond donors (Lipinski definition) is 1. The molecule has 2 aliphatic carbocycles. The number of esters is 1. The molecule has 2 saturated carbocycles. The Labute approximate surface area is 123 Å². The molecule has 0 radical (unpaired) electrons. The summed E-state index contributed by atoms with van der Waals surface area (Å²) < 4.78 is 5.19. The van der Waals surface area contributed by atoms with Gasteiger partial charge in [0.1, 0.15) is 5.54 Å². The SMILES string of the molecule is CCOC(=O)C1(N)CCCC1CCN(CC)CC1CC1. The van der Waals surface area contributed by atoms with Crippen molar-refractivity contribution in [3.05, 3.63) is 0 Å². The second-order valence-electron chi connectivity index (χ2n) is 6.48. The van der Waals surface area contributed by atoms with Gasteiger partial charge in [-0.2, -0.15) is 0 Å². The van der Waals surface area contributed by atoms with Crippen molar-refractivity contribution in [2.45, 2.75) is 57.9 Å². The Hall–Kier alpha value is -0.610. The van der Waals surface area contributed by atoms with Crippen LogP contribution in [0.15, 0.2) is 0 Å². The molecule has 4 heteroatoms. The molecule has 20 heavy (non-hydrogen) atoms. The zero-order valence-corrected chi connectivity index (χ0v) is 13.1. The number of nitrogens with zero attached hydrogens (tertiary/aromatic N) is 1. The van der Waals surface area contributed by atoms with Gasteiger partial charge in [-0.1, -0.05) is 13.3 Å². The van der Waals surface area contributed by atoms with E-state index in [0.717, 1.165) is 44.7 Å². The summed E-state index contributed by atoms with van der Waals surface area (Å²) in [5.74, 6) is 1.02. The molecule has 2 N–H and O–H groups in total. The number of ether oxygens (including phenoxy) is 1. The molecule has 0 aromatic rings. The molecule has 0 spiro atoms. The van der Waals surface area contributed by atoms with Gasteiger partial charge in [-0.15, -0.1) is 0 Å². The minimum Gasteiger partial charge on any atom is -0.465 e. The summed E-state index contributed by atoms with van der Waals surface area (Å²) in [5.41, 5.74) is 5.65. The molecule has 0 heterocycles. The van der Waals surface area contributed by atoms with Crippen molar-refractivity contribution >= 4 is 5.97 Å². The Morgan fingerprint density at radius 3 is 2.70 bits per heavy atom. The van der Waals surface area contributed by atoms with Crippen LogP contribution in [0.25, 0.3) is 0 Å². The van der Waals surface area contributed by atoms with Crippen LogP contribution in [0, 0.1) is 11.8 Å². The minimum absolute atomic E-state index is 0.187. The van der Waals surface area contributed by atoms with Gasteiger partial charge in [0.15, 0.2) is 0 Å². The second-order valence-corrected chi connectivity index (χ2v) is 6.48. The molecule has 2 fully saturated rings. The number of rotatable bonds is 8. The molecule has 0 aromatic heterocycles. The molecule has 2 unspecified atom stereocenters. The lowest BCUT2D eigenvalue weighted by atomic mass is 9.85. The fourth-order valence-electron chi connectivity index (χ4n) is 3.42. The summed E-state index contributed by atoms with van der Waals surface area (Å²) in [6.45, 7) is 7.88. The van der Waals surface area contributed by atoms with Crippen LogP contribution in [0.1, 0.15) is 52.4 Å². The van der Waals surface area contributed by atoms with E-state index in [-0.39, 0.29) is 11.9 Å². The van der Waals surface area contributed by atoms with Gasteiger partial charge in [0.25, 0.3) is 0 Å². The number of hydrogen-bond acceptors (Lipinski definition) is 4. The molecule has 116 valence electrons. The van der Waals surface area contributed by atoms with E-state index in [1.807, 2.05) is 6.92 Å². The fourth-order valence-corrected chi connectivity index (χ4v) is 3.42. The van der Waals surface area contributed by atoms with Crippen molar-refractivity contribution in [3.8, 4) is 0 Å². The third-order valence-electron chi connectivity index (χ3n) is 4.98. The molecule has 4 nitrogen and oxygen atoms in total. The van der Waals surface area contributed by atoms with Gasteiger partial charge in [0.05, 0.1) is 6.61 Å². The summed E-state index contributed by atoms with van der Waals surface area (Å²) in [4.78, 5) is 14.6. The average molecular weight is 282 g/mol. The molecule has 0 saturated heterocycles. The molecule has 0 amide bonds. The maximum absolute atomic E-state index is 12.1. The van der Waals surface area contributed by atoms with E-state index >= 15 is 0 Å². The standard InChI is InChI=1S/C16H30N2O2/c1-3-18(12-13-7-8-13)11-9-14-6-5-10-16(14,17)15(19)20-4-2/h13-14H,3-12,17H2,1-2H3.